The molecule has 2 nitrogen and oxygen atoms in total. The Kier molecular flexibility index (Phi) is 5.37. The van der Waals surface area contributed by atoms with E-state index in [1.165, 1.54) is 5.56 Å². The number of benzene rings is 1. The quantitative estimate of drug-likeness (QED) is 0.768. The third kappa shape index (κ3) is 4.02. The second-order valence-corrected chi connectivity index (χ2v) is 3.88. The normalized spacial score (nSPS) is 13.1. The summed E-state index contributed by atoms with van der Waals surface area (Å²) in [6.45, 7) is 7.51. The van der Waals surface area contributed by atoms with Gasteiger partial charge in [0.1, 0.15) is 0 Å². The number of hydrogen-bond donors (Lipinski definition) is 1. The predicted molar refractivity (Wildman–Crippen MR) is 66.0 cm³/mol. The van der Waals surface area contributed by atoms with Crippen LogP contribution in [0.4, 0.5) is 0 Å². The summed E-state index contributed by atoms with van der Waals surface area (Å²) in [6.07, 6.45) is 0. The van der Waals surface area contributed by atoms with Crippen molar-refractivity contribution in [1.29, 1.82) is 0 Å². The van der Waals surface area contributed by atoms with E-state index in [2.05, 4.69) is 61.4 Å². The number of hydrogen-bond acceptors (Lipinski definition) is 2. The van der Waals surface area contributed by atoms with E-state index in [-0.39, 0.29) is 0 Å². The smallest absolute Gasteiger partial charge is 0.0449 e. The van der Waals surface area contributed by atoms with Gasteiger partial charge in [0.15, 0.2) is 0 Å². The molecule has 0 aliphatic carbocycles. The van der Waals surface area contributed by atoms with Gasteiger partial charge < -0.3 is 10.2 Å². The second-order valence-electron chi connectivity index (χ2n) is 3.88. The second kappa shape index (κ2) is 6.59. The molecule has 84 valence electrons. The Hall–Kier alpha value is -0.860. The third-order valence-corrected chi connectivity index (χ3v) is 2.69. The first-order valence-electron chi connectivity index (χ1n) is 5.74. The van der Waals surface area contributed by atoms with Gasteiger partial charge in [-0.2, -0.15) is 0 Å². The van der Waals surface area contributed by atoms with Crippen LogP contribution in [0.15, 0.2) is 30.3 Å². The molecule has 1 atom stereocenters. The molecule has 1 aromatic carbocycles. The number of nitrogens with one attached hydrogen (secondary N) is 1. The highest BCUT2D eigenvalue weighted by molar-refractivity contribution is 5.19. The van der Waals surface area contributed by atoms with Crippen molar-refractivity contribution in [2.75, 3.05) is 26.7 Å². The minimum Gasteiger partial charge on any atom is -0.309 e. The van der Waals surface area contributed by atoms with Crippen LogP contribution in [0.25, 0.3) is 0 Å². The van der Waals surface area contributed by atoms with Crippen LogP contribution >= 0.6 is 0 Å². The van der Waals surface area contributed by atoms with Crippen molar-refractivity contribution in [3.63, 3.8) is 0 Å². The zero-order chi connectivity index (χ0) is 11.1. The topological polar surface area (TPSA) is 15.3 Å². The molecule has 0 aliphatic heterocycles. The third-order valence-electron chi connectivity index (χ3n) is 2.69. The van der Waals surface area contributed by atoms with Gasteiger partial charge in [-0.25, -0.2) is 0 Å². The van der Waals surface area contributed by atoms with Gasteiger partial charge >= 0.3 is 0 Å². The summed E-state index contributed by atoms with van der Waals surface area (Å²) in [4.78, 5) is 2.33. The van der Waals surface area contributed by atoms with Gasteiger partial charge in [0.05, 0.1) is 0 Å². The summed E-state index contributed by atoms with van der Waals surface area (Å²) in [5, 5.41) is 3.52. The lowest BCUT2D eigenvalue weighted by atomic mass is 10.1. The minimum absolute atomic E-state index is 0.446. The molecule has 1 unspecified atom stereocenters. The monoisotopic (exact) mass is 206 g/mol. The van der Waals surface area contributed by atoms with Gasteiger partial charge in [-0.15, -0.1) is 0 Å². The molecule has 0 saturated carbocycles. The van der Waals surface area contributed by atoms with E-state index in [1.54, 1.807) is 0 Å². The van der Waals surface area contributed by atoms with Gasteiger partial charge in [-0.1, -0.05) is 44.2 Å². The molecule has 0 aromatic heterocycles. The number of nitrogens with zero attached hydrogens (tertiary/aromatic N) is 1. The Morgan fingerprint density at radius 1 is 1.20 bits per heavy atom. The molecule has 15 heavy (non-hydrogen) atoms. The maximum absolute atomic E-state index is 3.52. The standard InChI is InChI=1S/C13H22N2/c1-4-14-13(11-15(3)5-2)12-9-7-6-8-10-12/h6-10,13-14H,4-5,11H2,1-3H3. The van der Waals surface area contributed by atoms with E-state index in [9.17, 15) is 0 Å². The molecule has 0 aliphatic rings. The minimum atomic E-state index is 0.446. The fourth-order valence-corrected chi connectivity index (χ4v) is 1.66. The Bertz CT molecular complexity index is 258. The van der Waals surface area contributed by atoms with Gasteiger partial charge in [0.25, 0.3) is 0 Å². The molecular weight excluding hydrogens is 184 g/mol. The molecule has 0 amide bonds. The largest absolute Gasteiger partial charge is 0.309 e. The van der Waals surface area contributed by atoms with Crippen LogP contribution < -0.4 is 5.32 Å². The fourth-order valence-electron chi connectivity index (χ4n) is 1.66. The first-order valence-corrected chi connectivity index (χ1v) is 5.74. The summed E-state index contributed by atoms with van der Waals surface area (Å²) in [7, 11) is 2.16. The van der Waals surface area contributed by atoms with Crippen molar-refractivity contribution in [2.45, 2.75) is 19.9 Å². The average molecular weight is 206 g/mol. The molecule has 0 heterocycles. The SMILES string of the molecule is CCNC(CN(C)CC)c1ccccc1. The van der Waals surface area contributed by atoms with Crippen molar-refractivity contribution in [3.8, 4) is 0 Å². The highest BCUT2D eigenvalue weighted by Gasteiger charge is 2.11. The first-order chi connectivity index (χ1) is 7.27. The van der Waals surface area contributed by atoms with Crippen LogP contribution in [0.2, 0.25) is 0 Å². The highest BCUT2D eigenvalue weighted by Crippen LogP contribution is 2.13. The van der Waals surface area contributed by atoms with E-state index in [0.29, 0.717) is 6.04 Å². The average Bonchev–Trinajstić information content (AvgIpc) is 2.29. The maximum Gasteiger partial charge on any atom is 0.0449 e. The molecule has 0 bridgehead atoms. The van der Waals surface area contributed by atoms with Crippen LogP contribution in [0.1, 0.15) is 25.5 Å². The Morgan fingerprint density at radius 3 is 2.40 bits per heavy atom. The molecule has 1 rings (SSSR count). The van der Waals surface area contributed by atoms with Crippen molar-refractivity contribution in [3.05, 3.63) is 35.9 Å². The van der Waals surface area contributed by atoms with Crippen LogP contribution in [-0.4, -0.2) is 31.6 Å². The first kappa shape index (κ1) is 12.2. The van der Waals surface area contributed by atoms with Gasteiger partial charge in [-0.05, 0) is 25.7 Å². The van der Waals surface area contributed by atoms with Crippen molar-refractivity contribution in [2.24, 2.45) is 0 Å². The van der Waals surface area contributed by atoms with Crippen molar-refractivity contribution < 1.29 is 0 Å². The molecule has 0 spiro atoms. The zero-order valence-corrected chi connectivity index (χ0v) is 10.0. The number of likely N-dealkylation sites (N-methyl/N-ethyl adjacent to an activating group) is 2. The maximum atomic E-state index is 3.52. The predicted octanol–water partition coefficient (Wildman–Crippen LogP) is 2.29. The van der Waals surface area contributed by atoms with Gasteiger partial charge in [0.2, 0.25) is 0 Å². The van der Waals surface area contributed by atoms with Crippen LogP contribution in [0.5, 0.6) is 0 Å². The fraction of sp³-hybridized carbons (Fsp3) is 0.538. The molecule has 1 aromatic rings. The van der Waals surface area contributed by atoms with Crippen molar-refractivity contribution >= 4 is 0 Å². The van der Waals surface area contributed by atoms with Crippen LogP contribution in [0.3, 0.4) is 0 Å². The Balaban J connectivity index is 2.65. The van der Waals surface area contributed by atoms with Gasteiger partial charge in [0, 0.05) is 12.6 Å². The summed E-state index contributed by atoms with van der Waals surface area (Å²) in [6, 6.07) is 11.1. The molecule has 0 radical (unpaired) electrons. The number of rotatable bonds is 6. The Labute approximate surface area is 93.3 Å². The van der Waals surface area contributed by atoms with E-state index >= 15 is 0 Å². The van der Waals surface area contributed by atoms with E-state index in [0.717, 1.165) is 19.6 Å². The van der Waals surface area contributed by atoms with Crippen LogP contribution in [0, 0.1) is 0 Å². The summed E-state index contributed by atoms with van der Waals surface area (Å²) in [5.74, 6) is 0. The van der Waals surface area contributed by atoms with Crippen LogP contribution in [-0.2, 0) is 0 Å². The molecule has 0 saturated heterocycles. The zero-order valence-electron chi connectivity index (χ0n) is 10.0. The van der Waals surface area contributed by atoms with Gasteiger partial charge in [-0.3, -0.25) is 0 Å². The van der Waals surface area contributed by atoms with Crippen molar-refractivity contribution in [1.82, 2.24) is 10.2 Å². The molecule has 0 fully saturated rings. The molecule has 2 heteroatoms. The summed E-state index contributed by atoms with van der Waals surface area (Å²) in [5.41, 5.74) is 1.37. The highest BCUT2D eigenvalue weighted by atomic mass is 15.1. The lowest BCUT2D eigenvalue weighted by Gasteiger charge is -2.24. The molecule has 1 N–H and O–H groups in total. The lowest BCUT2D eigenvalue weighted by Crippen LogP contribution is -2.32. The Morgan fingerprint density at radius 2 is 1.87 bits per heavy atom. The van der Waals surface area contributed by atoms with E-state index in [4.69, 9.17) is 0 Å². The lowest BCUT2D eigenvalue weighted by molar-refractivity contribution is 0.305. The summed E-state index contributed by atoms with van der Waals surface area (Å²) < 4.78 is 0. The van der Waals surface area contributed by atoms with E-state index < -0.39 is 0 Å². The molecular formula is C13H22N2. The van der Waals surface area contributed by atoms with E-state index in [1.807, 2.05) is 0 Å². The summed E-state index contributed by atoms with van der Waals surface area (Å²) >= 11 is 0.